The highest BCUT2D eigenvalue weighted by Crippen LogP contribution is 2.16. The molecule has 0 spiro atoms. The predicted octanol–water partition coefficient (Wildman–Crippen LogP) is 2.75. The van der Waals surface area contributed by atoms with E-state index in [4.69, 9.17) is 4.84 Å². The van der Waals surface area contributed by atoms with Gasteiger partial charge in [-0.2, -0.15) is 5.10 Å². The van der Waals surface area contributed by atoms with E-state index in [2.05, 4.69) is 10.3 Å². The predicted molar refractivity (Wildman–Crippen MR) is 86.1 cm³/mol. The minimum Gasteiger partial charge on any atom is -0.310 e. The van der Waals surface area contributed by atoms with Gasteiger partial charge in [0.25, 0.3) is 0 Å². The molecule has 0 N–H and O–H groups in total. The molecule has 0 unspecified atom stereocenters. The van der Waals surface area contributed by atoms with Crippen molar-refractivity contribution < 1.29 is 9.63 Å². The highest BCUT2D eigenvalue weighted by Gasteiger charge is 2.29. The Labute approximate surface area is 128 Å². The fourth-order valence-corrected chi connectivity index (χ4v) is 2.11. The van der Waals surface area contributed by atoms with E-state index in [0.29, 0.717) is 5.71 Å². The summed E-state index contributed by atoms with van der Waals surface area (Å²) in [6, 6.07) is 17.2. The molecule has 0 bridgehead atoms. The third kappa shape index (κ3) is 2.74. The van der Waals surface area contributed by atoms with E-state index in [-0.39, 0.29) is 5.71 Å². The molecule has 1 heterocycles. The van der Waals surface area contributed by atoms with Gasteiger partial charge in [-0.1, -0.05) is 53.2 Å². The van der Waals surface area contributed by atoms with Crippen LogP contribution in [-0.4, -0.2) is 24.4 Å². The Bertz CT molecular complexity index is 749. The van der Waals surface area contributed by atoms with Gasteiger partial charge in [0.1, 0.15) is 5.71 Å². The van der Waals surface area contributed by atoms with Crippen LogP contribution >= 0.6 is 0 Å². The number of hydrogen-bond acceptors (Lipinski definition) is 5. The fraction of sp³-hybridized carbons (Fsp3) is 0.118. The molecule has 0 saturated carbocycles. The average molecular weight is 293 g/mol. The number of benzene rings is 2. The summed E-state index contributed by atoms with van der Waals surface area (Å²) < 4.78 is 0. The molecule has 0 aliphatic carbocycles. The van der Waals surface area contributed by atoms with Crippen molar-refractivity contribution in [3.63, 3.8) is 0 Å². The topological polar surface area (TPSA) is 54.3 Å². The number of aryl methyl sites for hydroxylation is 1. The van der Waals surface area contributed by atoms with Crippen LogP contribution in [0.1, 0.15) is 11.1 Å². The first-order chi connectivity index (χ1) is 10.6. The molecule has 0 amide bonds. The number of oxime groups is 1. The van der Waals surface area contributed by atoms with Crippen molar-refractivity contribution in [2.24, 2.45) is 10.3 Å². The molecule has 0 atom stereocenters. The van der Waals surface area contributed by atoms with E-state index < -0.39 is 5.97 Å². The van der Waals surface area contributed by atoms with E-state index in [0.717, 1.165) is 16.8 Å². The Kier molecular flexibility index (Phi) is 3.70. The summed E-state index contributed by atoms with van der Waals surface area (Å²) in [4.78, 5) is 16.7. The molecular formula is C17H15N3O2. The van der Waals surface area contributed by atoms with Crippen molar-refractivity contribution in [2.75, 3.05) is 12.1 Å². The van der Waals surface area contributed by atoms with Gasteiger partial charge >= 0.3 is 5.97 Å². The molecule has 2 aromatic rings. The van der Waals surface area contributed by atoms with Gasteiger partial charge in [0.2, 0.25) is 5.71 Å². The van der Waals surface area contributed by atoms with Crippen molar-refractivity contribution in [1.29, 1.82) is 0 Å². The lowest BCUT2D eigenvalue weighted by atomic mass is 10.1. The van der Waals surface area contributed by atoms with Crippen LogP contribution in [0.15, 0.2) is 64.9 Å². The van der Waals surface area contributed by atoms with Gasteiger partial charge < -0.3 is 4.84 Å². The number of nitrogens with zero attached hydrogens (tertiary/aromatic N) is 3. The molecule has 5 heteroatoms. The Morgan fingerprint density at radius 3 is 2.41 bits per heavy atom. The smallest absolute Gasteiger partial charge is 0.310 e. The maximum Gasteiger partial charge on any atom is 0.388 e. The van der Waals surface area contributed by atoms with Crippen LogP contribution in [-0.2, 0) is 9.63 Å². The third-order valence-electron chi connectivity index (χ3n) is 3.34. The van der Waals surface area contributed by atoms with Crippen LogP contribution in [0, 0.1) is 6.92 Å². The van der Waals surface area contributed by atoms with Gasteiger partial charge in [0, 0.05) is 12.6 Å². The van der Waals surface area contributed by atoms with Gasteiger partial charge in [0.05, 0.1) is 5.69 Å². The summed E-state index contributed by atoms with van der Waals surface area (Å²) in [6.07, 6.45) is 0. The van der Waals surface area contributed by atoms with Crippen molar-refractivity contribution >= 4 is 23.1 Å². The summed E-state index contributed by atoms with van der Waals surface area (Å²) in [7, 11) is 1.78. The zero-order chi connectivity index (χ0) is 15.5. The highest BCUT2D eigenvalue weighted by molar-refractivity contribution is 6.70. The normalized spacial score (nSPS) is 15.6. The van der Waals surface area contributed by atoms with Crippen LogP contribution in [0.2, 0.25) is 0 Å². The Morgan fingerprint density at radius 1 is 1.05 bits per heavy atom. The Balaban J connectivity index is 1.92. The quantitative estimate of drug-likeness (QED) is 0.646. The number of carbonyl (C=O) groups excluding carboxylic acids is 1. The molecule has 5 nitrogen and oxygen atoms in total. The first-order valence-electron chi connectivity index (χ1n) is 6.89. The molecule has 0 saturated heterocycles. The van der Waals surface area contributed by atoms with E-state index in [9.17, 15) is 4.79 Å². The zero-order valence-corrected chi connectivity index (χ0v) is 12.4. The summed E-state index contributed by atoms with van der Waals surface area (Å²) >= 11 is 0. The molecule has 0 radical (unpaired) electrons. The summed E-state index contributed by atoms with van der Waals surface area (Å²) in [5.74, 6) is -0.544. The monoisotopic (exact) mass is 293 g/mol. The van der Waals surface area contributed by atoms with Gasteiger partial charge in [-0.15, -0.1) is 0 Å². The summed E-state index contributed by atoms with van der Waals surface area (Å²) in [5.41, 5.74) is 3.49. The molecule has 3 rings (SSSR count). The number of carbonyl (C=O) groups is 1. The molecule has 22 heavy (non-hydrogen) atoms. The second-order valence-corrected chi connectivity index (χ2v) is 4.99. The van der Waals surface area contributed by atoms with E-state index in [1.54, 1.807) is 12.1 Å². The maximum atomic E-state index is 11.9. The van der Waals surface area contributed by atoms with E-state index >= 15 is 0 Å². The van der Waals surface area contributed by atoms with Crippen LogP contribution < -0.4 is 5.01 Å². The van der Waals surface area contributed by atoms with Gasteiger partial charge in [-0.3, -0.25) is 5.01 Å². The van der Waals surface area contributed by atoms with Crippen molar-refractivity contribution in [1.82, 2.24) is 0 Å². The minimum absolute atomic E-state index is 0.203. The van der Waals surface area contributed by atoms with Crippen molar-refractivity contribution in [2.45, 2.75) is 6.92 Å². The molecule has 110 valence electrons. The third-order valence-corrected chi connectivity index (χ3v) is 3.34. The number of hydrazone groups is 1. The molecule has 0 aromatic heterocycles. The van der Waals surface area contributed by atoms with Crippen LogP contribution in [0.3, 0.4) is 0 Å². The Hall–Kier alpha value is -2.95. The zero-order valence-electron chi connectivity index (χ0n) is 12.4. The summed E-state index contributed by atoms with van der Waals surface area (Å²) in [6.45, 7) is 2.02. The van der Waals surface area contributed by atoms with Crippen LogP contribution in [0.25, 0.3) is 0 Å². The lowest BCUT2D eigenvalue weighted by Crippen LogP contribution is -2.24. The molecular weight excluding hydrogens is 278 g/mol. The lowest BCUT2D eigenvalue weighted by molar-refractivity contribution is -0.134. The van der Waals surface area contributed by atoms with Crippen LogP contribution in [0.5, 0.6) is 0 Å². The maximum absolute atomic E-state index is 11.9. The average Bonchev–Trinajstić information content (AvgIpc) is 2.90. The largest absolute Gasteiger partial charge is 0.388 e. The van der Waals surface area contributed by atoms with Gasteiger partial charge in [-0.05, 0) is 19.1 Å². The standard InChI is InChI=1S/C17H15N3O2/c1-12-8-10-14(11-9-12)20(2)18-16-15(19-22-17(16)21)13-6-4-3-5-7-13/h3-11H,1-2H3/b18-16+. The highest BCUT2D eigenvalue weighted by atomic mass is 16.7. The van der Waals surface area contributed by atoms with Crippen molar-refractivity contribution in [3.05, 3.63) is 65.7 Å². The summed E-state index contributed by atoms with van der Waals surface area (Å²) in [5, 5.41) is 9.84. The first-order valence-corrected chi connectivity index (χ1v) is 6.89. The second-order valence-electron chi connectivity index (χ2n) is 4.99. The number of anilines is 1. The Morgan fingerprint density at radius 2 is 1.73 bits per heavy atom. The van der Waals surface area contributed by atoms with Crippen molar-refractivity contribution in [3.8, 4) is 0 Å². The van der Waals surface area contributed by atoms with E-state index in [1.807, 2.05) is 61.5 Å². The lowest BCUT2D eigenvalue weighted by Gasteiger charge is -2.13. The molecule has 0 fully saturated rings. The first kappa shape index (κ1) is 14.0. The van der Waals surface area contributed by atoms with E-state index in [1.165, 1.54) is 0 Å². The minimum atomic E-state index is -0.544. The number of hydrogen-bond donors (Lipinski definition) is 0. The fourth-order valence-electron chi connectivity index (χ4n) is 2.11. The number of rotatable bonds is 3. The molecule has 1 aliphatic heterocycles. The van der Waals surface area contributed by atoms with Gasteiger partial charge in [0.15, 0.2) is 0 Å². The molecule has 1 aliphatic rings. The van der Waals surface area contributed by atoms with Crippen LogP contribution in [0.4, 0.5) is 5.69 Å². The van der Waals surface area contributed by atoms with Gasteiger partial charge in [-0.25, -0.2) is 4.79 Å². The molecule has 2 aromatic carbocycles. The SMILES string of the molecule is Cc1ccc(N(C)/N=C2/C(=O)ON=C2c2ccccc2)cc1. The second kappa shape index (κ2) is 5.81.